The van der Waals surface area contributed by atoms with E-state index in [4.69, 9.17) is 10.5 Å². The first-order chi connectivity index (χ1) is 13.1. The van der Waals surface area contributed by atoms with Gasteiger partial charge in [0, 0.05) is 5.75 Å². The summed E-state index contributed by atoms with van der Waals surface area (Å²) in [6, 6.07) is 13.7. The fourth-order valence-corrected chi connectivity index (χ4v) is 3.70. The highest BCUT2D eigenvalue weighted by Crippen LogP contribution is 2.29. The molecule has 3 nitrogen and oxygen atoms in total. The average molecular weight is 386 g/mol. The van der Waals surface area contributed by atoms with Crippen molar-refractivity contribution < 1.29 is 9.53 Å². The summed E-state index contributed by atoms with van der Waals surface area (Å²) in [5.74, 6) is 1.19. The number of nitrogens with two attached hydrogens (primary N) is 1. The summed E-state index contributed by atoms with van der Waals surface area (Å²) in [5, 5.41) is 0. The standard InChI is InChI=1S/C16H16O2S.C7H15N/c1-11-5-3-4-6-13(11)15-9-12(10-19)7-8-14(15)16(17)18-2;8-6-7-4-2-1-3-5-7/h3-9,19H,10H2,1-2H3;7H,1-6,8H2. The molecule has 2 aromatic rings. The SMILES string of the molecule is COC(=O)c1ccc(CS)cc1-c1ccccc1C.NCC1CCCCC1. The summed E-state index contributed by atoms with van der Waals surface area (Å²) in [5.41, 5.74) is 10.2. The van der Waals surface area contributed by atoms with E-state index in [1.165, 1.54) is 39.2 Å². The monoisotopic (exact) mass is 385 g/mol. The number of thiol groups is 1. The molecule has 0 atom stereocenters. The molecule has 0 bridgehead atoms. The number of benzene rings is 2. The van der Waals surface area contributed by atoms with E-state index in [1.807, 2.05) is 43.3 Å². The third-order valence-corrected chi connectivity index (χ3v) is 5.53. The Bertz CT molecular complexity index is 739. The lowest BCUT2D eigenvalue weighted by Crippen LogP contribution is -2.16. The minimum atomic E-state index is -0.316. The highest BCUT2D eigenvalue weighted by atomic mass is 32.1. The zero-order chi connectivity index (χ0) is 19.6. The first kappa shape index (κ1) is 21.5. The van der Waals surface area contributed by atoms with Crippen molar-refractivity contribution in [2.45, 2.75) is 44.8 Å². The lowest BCUT2D eigenvalue weighted by Gasteiger charge is -2.18. The largest absolute Gasteiger partial charge is 0.465 e. The Morgan fingerprint density at radius 3 is 2.37 bits per heavy atom. The second kappa shape index (κ2) is 11.2. The number of aryl methyl sites for hydroxylation is 1. The smallest absolute Gasteiger partial charge is 0.338 e. The fourth-order valence-electron chi connectivity index (χ4n) is 3.50. The van der Waals surface area contributed by atoms with Gasteiger partial charge in [0.05, 0.1) is 12.7 Å². The number of carbonyl (C=O) groups excluding carboxylic acids is 1. The number of ether oxygens (including phenoxy) is 1. The van der Waals surface area contributed by atoms with Crippen LogP contribution in [0, 0.1) is 12.8 Å². The van der Waals surface area contributed by atoms with Crippen LogP contribution in [0.5, 0.6) is 0 Å². The normalized spacial score (nSPS) is 14.2. The van der Waals surface area contributed by atoms with Crippen LogP contribution < -0.4 is 5.73 Å². The summed E-state index contributed by atoms with van der Waals surface area (Å²) in [6.07, 6.45) is 7.05. The Morgan fingerprint density at radius 1 is 1.11 bits per heavy atom. The van der Waals surface area contributed by atoms with Gasteiger partial charge in [-0.3, -0.25) is 0 Å². The van der Waals surface area contributed by atoms with Crippen LogP contribution in [0.25, 0.3) is 11.1 Å². The maximum Gasteiger partial charge on any atom is 0.338 e. The summed E-state index contributed by atoms with van der Waals surface area (Å²) in [7, 11) is 1.40. The van der Waals surface area contributed by atoms with Crippen molar-refractivity contribution >= 4 is 18.6 Å². The van der Waals surface area contributed by atoms with Crippen LogP contribution >= 0.6 is 12.6 Å². The van der Waals surface area contributed by atoms with Gasteiger partial charge >= 0.3 is 5.97 Å². The van der Waals surface area contributed by atoms with Crippen molar-refractivity contribution in [3.63, 3.8) is 0 Å². The minimum absolute atomic E-state index is 0.316. The second-order valence-corrected chi connectivity index (χ2v) is 7.40. The number of carbonyl (C=O) groups is 1. The highest BCUT2D eigenvalue weighted by molar-refractivity contribution is 7.79. The van der Waals surface area contributed by atoms with Gasteiger partial charge < -0.3 is 10.5 Å². The van der Waals surface area contributed by atoms with Crippen molar-refractivity contribution in [2.24, 2.45) is 11.7 Å². The quantitative estimate of drug-likeness (QED) is 0.547. The topological polar surface area (TPSA) is 52.3 Å². The molecule has 1 fully saturated rings. The van der Waals surface area contributed by atoms with Gasteiger partial charge in [-0.2, -0.15) is 12.6 Å². The molecule has 0 spiro atoms. The van der Waals surface area contributed by atoms with Crippen molar-refractivity contribution in [3.8, 4) is 11.1 Å². The van der Waals surface area contributed by atoms with Crippen LogP contribution in [0.4, 0.5) is 0 Å². The highest BCUT2D eigenvalue weighted by Gasteiger charge is 2.15. The van der Waals surface area contributed by atoms with E-state index in [1.54, 1.807) is 6.07 Å². The zero-order valence-electron chi connectivity index (χ0n) is 16.4. The first-order valence-electron chi connectivity index (χ1n) is 9.68. The van der Waals surface area contributed by atoms with Crippen LogP contribution in [0.2, 0.25) is 0 Å². The molecule has 3 rings (SSSR count). The summed E-state index contributed by atoms with van der Waals surface area (Å²) in [4.78, 5) is 11.9. The second-order valence-electron chi connectivity index (χ2n) is 7.08. The summed E-state index contributed by atoms with van der Waals surface area (Å²) >= 11 is 4.29. The van der Waals surface area contributed by atoms with Gasteiger partial charge in [-0.25, -0.2) is 4.79 Å². The molecule has 1 aliphatic carbocycles. The molecule has 0 saturated heterocycles. The molecule has 0 heterocycles. The van der Waals surface area contributed by atoms with E-state index in [2.05, 4.69) is 12.6 Å². The molecule has 0 aliphatic heterocycles. The zero-order valence-corrected chi connectivity index (χ0v) is 17.3. The van der Waals surface area contributed by atoms with Gasteiger partial charge in [-0.15, -0.1) is 0 Å². The Hall–Kier alpha value is -1.78. The van der Waals surface area contributed by atoms with Gasteiger partial charge in [-0.05, 0) is 66.6 Å². The van der Waals surface area contributed by atoms with Crippen LogP contribution in [0.1, 0.15) is 53.6 Å². The van der Waals surface area contributed by atoms with Crippen molar-refractivity contribution in [1.82, 2.24) is 0 Å². The molecule has 4 heteroatoms. The van der Waals surface area contributed by atoms with Crippen LogP contribution in [0.15, 0.2) is 42.5 Å². The third-order valence-electron chi connectivity index (χ3n) is 5.17. The number of esters is 1. The molecular formula is C23H31NO2S. The summed E-state index contributed by atoms with van der Waals surface area (Å²) < 4.78 is 4.85. The molecule has 0 aromatic heterocycles. The Morgan fingerprint density at radius 2 is 1.81 bits per heavy atom. The van der Waals surface area contributed by atoms with Gasteiger partial charge in [0.1, 0.15) is 0 Å². The fraction of sp³-hybridized carbons (Fsp3) is 0.435. The maximum absolute atomic E-state index is 11.9. The number of rotatable bonds is 4. The Kier molecular flexibility index (Phi) is 8.89. The van der Waals surface area contributed by atoms with E-state index in [9.17, 15) is 4.79 Å². The predicted molar refractivity (Wildman–Crippen MR) is 116 cm³/mol. The van der Waals surface area contributed by atoms with E-state index < -0.39 is 0 Å². The minimum Gasteiger partial charge on any atom is -0.465 e. The molecule has 2 N–H and O–H groups in total. The summed E-state index contributed by atoms with van der Waals surface area (Å²) in [6.45, 7) is 2.95. The van der Waals surface area contributed by atoms with Crippen LogP contribution in [-0.2, 0) is 10.5 Å². The van der Waals surface area contributed by atoms with E-state index in [0.717, 1.165) is 34.7 Å². The van der Waals surface area contributed by atoms with Gasteiger partial charge in [0.25, 0.3) is 0 Å². The molecule has 1 saturated carbocycles. The van der Waals surface area contributed by atoms with E-state index in [0.29, 0.717) is 11.3 Å². The Balaban J connectivity index is 0.000000273. The maximum atomic E-state index is 11.9. The van der Waals surface area contributed by atoms with Gasteiger partial charge in [-0.1, -0.05) is 49.6 Å². The molecule has 0 amide bonds. The molecule has 1 aliphatic rings. The predicted octanol–water partition coefficient (Wildman–Crippen LogP) is 5.40. The molecule has 146 valence electrons. The van der Waals surface area contributed by atoms with Gasteiger partial charge in [0.15, 0.2) is 0 Å². The lowest BCUT2D eigenvalue weighted by molar-refractivity contribution is 0.0601. The lowest BCUT2D eigenvalue weighted by atomic mass is 9.90. The molecule has 0 radical (unpaired) electrons. The first-order valence-corrected chi connectivity index (χ1v) is 10.3. The molecule has 27 heavy (non-hydrogen) atoms. The van der Waals surface area contributed by atoms with Crippen molar-refractivity contribution in [1.29, 1.82) is 0 Å². The molecule has 0 unspecified atom stereocenters. The van der Waals surface area contributed by atoms with E-state index in [-0.39, 0.29) is 5.97 Å². The number of methoxy groups -OCH3 is 1. The number of hydrogen-bond acceptors (Lipinski definition) is 4. The Labute approximate surface area is 168 Å². The third kappa shape index (κ3) is 6.12. The van der Waals surface area contributed by atoms with Crippen molar-refractivity contribution in [3.05, 3.63) is 59.2 Å². The van der Waals surface area contributed by atoms with Crippen LogP contribution in [-0.4, -0.2) is 19.6 Å². The van der Waals surface area contributed by atoms with Gasteiger partial charge in [0.2, 0.25) is 0 Å². The average Bonchev–Trinajstić information content (AvgIpc) is 2.74. The molecular weight excluding hydrogens is 354 g/mol. The van der Waals surface area contributed by atoms with E-state index >= 15 is 0 Å². The van der Waals surface area contributed by atoms with Crippen LogP contribution in [0.3, 0.4) is 0 Å². The number of hydrogen-bond donors (Lipinski definition) is 2. The van der Waals surface area contributed by atoms with Crippen molar-refractivity contribution in [2.75, 3.05) is 13.7 Å². The molecule has 2 aromatic carbocycles.